The van der Waals surface area contributed by atoms with E-state index in [0.717, 1.165) is 0 Å². The molecule has 112 valence electrons. The Morgan fingerprint density at radius 3 is 2.90 bits per heavy atom. The van der Waals surface area contributed by atoms with Crippen molar-refractivity contribution < 1.29 is 18.3 Å². The molecule has 1 aromatic heterocycles. The zero-order valence-corrected chi connectivity index (χ0v) is 11.7. The van der Waals surface area contributed by atoms with E-state index in [2.05, 4.69) is 20.4 Å². The quantitative estimate of drug-likeness (QED) is 0.723. The second-order valence-electron chi connectivity index (χ2n) is 3.81. The summed E-state index contributed by atoms with van der Waals surface area (Å²) in [6, 6.07) is 1.49. The maximum atomic E-state index is 11.8. The van der Waals surface area contributed by atoms with E-state index in [1.54, 1.807) is 0 Å². The zero-order valence-electron chi connectivity index (χ0n) is 11.0. The van der Waals surface area contributed by atoms with E-state index in [4.69, 9.17) is 11.6 Å². The Morgan fingerprint density at radius 2 is 2.30 bits per heavy atom. The summed E-state index contributed by atoms with van der Waals surface area (Å²) in [6.07, 6.45) is -1.12. The van der Waals surface area contributed by atoms with Gasteiger partial charge in [-0.3, -0.25) is 4.79 Å². The lowest BCUT2D eigenvalue weighted by atomic mass is 10.2. The molecule has 0 atom stereocenters. The summed E-state index contributed by atoms with van der Waals surface area (Å²) in [5.74, 6) is 0.120. The largest absolute Gasteiger partial charge is 0.374 e. The number of hydrogen-bond donors (Lipinski definition) is 2. The number of carbonyl (C=O) groups is 1. The van der Waals surface area contributed by atoms with E-state index in [-0.39, 0.29) is 19.1 Å². The molecule has 0 fully saturated rings. The first kappa shape index (κ1) is 16.6. The van der Waals surface area contributed by atoms with Gasteiger partial charge in [0.25, 0.3) is 12.3 Å². The van der Waals surface area contributed by atoms with Gasteiger partial charge in [0.05, 0.1) is 17.2 Å². The summed E-state index contributed by atoms with van der Waals surface area (Å²) in [6.45, 7) is 2.09. The Labute approximate surface area is 120 Å². The molecule has 8 heteroatoms. The molecule has 1 heterocycles. The van der Waals surface area contributed by atoms with Crippen LogP contribution < -0.4 is 10.6 Å². The Kier molecular flexibility index (Phi) is 7.17. The number of hydrogen-bond acceptors (Lipinski definition) is 4. The lowest BCUT2D eigenvalue weighted by Crippen LogP contribution is -2.28. The van der Waals surface area contributed by atoms with Crippen molar-refractivity contribution >= 4 is 23.3 Å². The average Bonchev–Trinajstić information content (AvgIpc) is 2.40. The highest BCUT2D eigenvalue weighted by atomic mass is 35.5. The number of nitrogens with zero attached hydrogens (tertiary/aromatic N) is 1. The predicted octanol–water partition coefficient (Wildman–Crippen LogP) is 2.18. The highest BCUT2D eigenvalue weighted by Gasteiger charge is 2.09. The highest BCUT2D eigenvalue weighted by molar-refractivity contribution is 6.33. The molecule has 5 nitrogen and oxygen atoms in total. The van der Waals surface area contributed by atoms with E-state index >= 15 is 0 Å². The number of rotatable bonds is 8. The van der Waals surface area contributed by atoms with E-state index in [1.807, 2.05) is 6.92 Å². The number of pyridine rings is 1. The van der Waals surface area contributed by atoms with Crippen molar-refractivity contribution in [1.82, 2.24) is 10.3 Å². The van der Waals surface area contributed by atoms with Crippen molar-refractivity contribution in [2.45, 2.75) is 13.3 Å². The van der Waals surface area contributed by atoms with E-state index in [1.165, 1.54) is 12.3 Å². The van der Waals surface area contributed by atoms with Crippen molar-refractivity contribution in [2.24, 2.45) is 0 Å². The summed E-state index contributed by atoms with van der Waals surface area (Å²) >= 11 is 5.96. The fraction of sp³-hybridized carbons (Fsp3) is 0.500. The molecule has 0 aliphatic carbocycles. The number of nitrogens with one attached hydrogen (secondary N) is 2. The van der Waals surface area contributed by atoms with Gasteiger partial charge in [-0.05, 0) is 13.0 Å². The molecule has 1 amide bonds. The van der Waals surface area contributed by atoms with Crippen LogP contribution >= 0.6 is 11.6 Å². The maximum absolute atomic E-state index is 11.8. The SMILES string of the molecule is CCNc1ncc(C(=O)NCCOCC(F)F)cc1Cl. The molecule has 0 radical (unpaired) electrons. The van der Waals surface area contributed by atoms with Crippen molar-refractivity contribution in [2.75, 3.05) is 31.6 Å². The summed E-state index contributed by atoms with van der Waals surface area (Å²) in [5, 5.41) is 5.81. The van der Waals surface area contributed by atoms with Gasteiger partial charge < -0.3 is 15.4 Å². The standard InChI is InChI=1S/C12H16ClF2N3O2/c1-2-16-11-9(13)5-8(6-18-11)12(19)17-3-4-20-7-10(14)15/h5-6,10H,2-4,7H2,1H3,(H,16,18)(H,17,19). The Balaban J connectivity index is 2.41. The third-order valence-electron chi connectivity index (χ3n) is 2.22. The molecule has 20 heavy (non-hydrogen) atoms. The zero-order chi connectivity index (χ0) is 15.0. The summed E-state index contributed by atoms with van der Waals surface area (Å²) in [5.41, 5.74) is 0.297. The Morgan fingerprint density at radius 1 is 1.55 bits per heavy atom. The number of carbonyl (C=O) groups excluding carboxylic acids is 1. The minimum Gasteiger partial charge on any atom is -0.374 e. The molecular formula is C12H16ClF2N3O2. The Hall–Kier alpha value is -1.47. The number of anilines is 1. The third kappa shape index (κ3) is 5.66. The fourth-order valence-electron chi connectivity index (χ4n) is 1.37. The van der Waals surface area contributed by atoms with Crippen LogP contribution in [-0.2, 0) is 4.74 Å². The van der Waals surface area contributed by atoms with Crippen molar-refractivity contribution in [3.8, 4) is 0 Å². The van der Waals surface area contributed by atoms with Crippen LogP contribution in [0.25, 0.3) is 0 Å². The van der Waals surface area contributed by atoms with Crippen LogP contribution in [0.4, 0.5) is 14.6 Å². The first-order valence-corrected chi connectivity index (χ1v) is 6.46. The monoisotopic (exact) mass is 307 g/mol. The van der Waals surface area contributed by atoms with Gasteiger partial charge in [0, 0.05) is 19.3 Å². The van der Waals surface area contributed by atoms with Gasteiger partial charge in [0.2, 0.25) is 0 Å². The van der Waals surface area contributed by atoms with Gasteiger partial charge in [-0.25, -0.2) is 13.8 Å². The first-order chi connectivity index (χ1) is 9.54. The van der Waals surface area contributed by atoms with Crippen LogP contribution in [0.1, 0.15) is 17.3 Å². The van der Waals surface area contributed by atoms with Crippen LogP contribution in [0.15, 0.2) is 12.3 Å². The average molecular weight is 308 g/mol. The molecule has 1 rings (SSSR count). The minimum absolute atomic E-state index is 0.0206. The maximum Gasteiger partial charge on any atom is 0.261 e. The van der Waals surface area contributed by atoms with E-state index < -0.39 is 13.0 Å². The van der Waals surface area contributed by atoms with Gasteiger partial charge in [0.1, 0.15) is 12.4 Å². The molecule has 0 bridgehead atoms. The number of amides is 1. The van der Waals surface area contributed by atoms with Crippen LogP contribution in [0.3, 0.4) is 0 Å². The number of alkyl halides is 2. The van der Waals surface area contributed by atoms with Gasteiger partial charge >= 0.3 is 0 Å². The molecular weight excluding hydrogens is 292 g/mol. The molecule has 2 N–H and O–H groups in total. The van der Waals surface area contributed by atoms with Crippen LogP contribution in [0.2, 0.25) is 5.02 Å². The highest BCUT2D eigenvalue weighted by Crippen LogP contribution is 2.19. The van der Waals surface area contributed by atoms with E-state index in [9.17, 15) is 13.6 Å². The molecule has 0 aliphatic heterocycles. The summed E-state index contributed by atoms with van der Waals surface area (Å²) < 4.78 is 28.2. The van der Waals surface area contributed by atoms with Gasteiger partial charge in [0.15, 0.2) is 0 Å². The molecule has 0 aliphatic rings. The van der Waals surface area contributed by atoms with Crippen LogP contribution in [-0.4, -0.2) is 43.6 Å². The minimum atomic E-state index is -2.51. The summed E-state index contributed by atoms with van der Waals surface area (Å²) in [7, 11) is 0. The molecule has 0 saturated heterocycles. The smallest absolute Gasteiger partial charge is 0.261 e. The molecule has 0 unspecified atom stereocenters. The second kappa shape index (κ2) is 8.65. The van der Waals surface area contributed by atoms with Crippen molar-refractivity contribution in [3.63, 3.8) is 0 Å². The van der Waals surface area contributed by atoms with Crippen LogP contribution in [0.5, 0.6) is 0 Å². The van der Waals surface area contributed by atoms with Crippen molar-refractivity contribution in [1.29, 1.82) is 0 Å². The summed E-state index contributed by atoms with van der Waals surface area (Å²) in [4.78, 5) is 15.8. The van der Waals surface area contributed by atoms with Gasteiger partial charge in [-0.15, -0.1) is 0 Å². The van der Waals surface area contributed by atoms with Gasteiger partial charge in [-0.1, -0.05) is 11.6 Å². The molecule has 1 aromatic rings. The topological polar surface area (TPSA) is 63.2 Å². The fourth-order valence-corrected chi connectivity index (χ4v) is 1.60. The molecule has 0 spiro atoms. The number of ether oxygens (including phenoxy) is 1. The molecule has 0 saturated carbocycles. The lowest BCUT2D eigenvalue weighted by molar-refractivity contribution is 0.0188. The van der Waals surface area contributed by atoms with Crippen molar-refractivity contribution in [3.05, 3.63) is 22.8 Å². The molecule has 0 aromatic carbocycles. The van der Waals surface area contributed by atoms with Crippen LogP contribution in [0, 0.1) is 0 Å². The third-order valence-corrected chi connectivity index (χ3v) is 2.51. The number of halogens is 3. The first-order valence-electron chi connectivity index (χ1n) is 6.08. The van der Waals surface area contributed by atoms with Gasteiger partial charge in [-0.2, -0.15) is 0 Å². The predicted molar refractivity (Wildman–Crippen MR) is 72.6 cm³/mol. The number of aromatic nitrogens is 1. The van der Waals surface area contributed by atoms with E-state index in [0.29, 0.717) is 22.9 Å². The lowest BCUT2D eigenvalue weighted by Gasteiger charge is -2.08. The second-order valence-corrected chi connectivity index (χ2v) is 4.21. The normalized spacial score (nSPS) is 10.7. The Bertz CT molecular complexity index is 447.